The molecule has 0 spiro atoms. The number of amides is 1. The standard InChI is InChI=1S/C17H28N4O2/c1-12-10-19-21-14(7-8-18-15(12)21)13-6-5-9-20(11-13)16(22)23-17(2,3)4/h10,13-14,18H,5-9,11H2,1-4H3. The van der Waals surface area contributed by atoms with Crippen LogP contribution in [0.25, 0.3) is 0 Å². The minimum atomic E-state index is -0.439. The Morgan fingerprint density at radius 1 is 1.39 bits per heavy atom. The maximum Gasteiger partial charge on any atom is 0.410 e. The molecule has 1 fully saturated rings. The van der Waals surface area contributed by atoms with Crippen LogP contribution in [0.2, 0.25) is 0 Å². The molecule has 2 unspecified atom stereocenters. The van der Waals surface area contributed by atoms with E-state index < -0.39 is 5.60 Å². The van der Waals surface area contributed by atoms with Gasteiger partial charge in [0.2, 0.25) is 0 Å². The Morgan fingerprint density at radius 3 is 2.91 bits per heavy atom. The zero-order chi connectivity index (χ0) is 16.6. The van der Waals surface area contributed by atoms with E-state index in [1.54, 1.807) is 0 Å². The second-order valence-corrected chi connectivity index (χ2v) is 7.73. The molecule has 1 N–H and O–H groups in total. The van der Waals surface area contributed by atoms with Gasteiger partial charge in [0.25, 0.3) is 0 Å². The van der Waals surface area contributed by atoms with Crippen molar-refractivity contribution in [2.75, 3.05) is 25.0 Å². The van der Waals surface area contributed by atoms with Crippen LogP contribution in [0.4, 0.5) is 10.6 Å². The molecule has 3 heterocycles. The third-order valence-corrected chi connectivity index (χ3v) is 4.68. The van der Waals surface area contributed by atoms with E-state index >= 15 is 0 Å². The van der Waals surface area contributed by atoms with Crippen molar-refractivity contribution in [2.45, 2.75) is 58.6 Å². The number of fused-ring (bicyclic) bond motifs is 1. The van der Waals surface area contributed by atoms with Gasteiger partial charge >= 0.3 is 6.09 Å². The third kappa shape index (κ3) is 3.46. The summed E-state index contributed by atoms with van der Waals surface area (Å²) in [5.41, 5.74) is 0.750. The van der Waals surface area contributed by atoms with Crippen LogP contribution >= 0.6 is 0 Å². The number of carbonyl (C=O) groups is 1. The molecular weight excluding hydrogens is 292 g/mol. The highest BCUT2D eigenvalue weighted by atomic mass is 16.6. The van der Waals surface area contributed by atoms with Crippen molar-refractivity contribution in [2.24, 2.45) is 5.92 Å². The maximum absolute atomic E-state index is 12.4. The Kier molecular flexibility index (Phi) is 4.25. The van der Waals surface area contributed by atoms with Crippen LogP contribution in [0, 0.1) is 12.8 Å². The van der Waals surface area contributed by atoms with Crippen molar-refractivity contribution in [3.8, 4) is 0 Å². The number of nitrogens with one attached hydrogen (secondary N) is 1. The fourth-order valence-corrected chi connectivity index (χ4v) is 3.63. The minimum absolute atomic E-state index is 0.187. The lowest BCUT2D eigenvalue weighted by molar-refractivity contribution is 0.0127. The molecule has 6 nitrogen and oxygen atoms in total. The molecule has 0 bridgehead atoms. The van der Waals surface area contributed by atoms with Crippen LogP contribution in [0.3, 0.4) is 0 Å². The molecule has 3 rings (SSSR count). The van der Waals surface area contributed by atoms with Gasteiger partial charge < -0.3 is 15.0 Å². The van der Waals surface area contributed by atoms with Crippen molar-refractivity contribution >= 4 is 11.9 Å². The Bertz CT molecular complexity index is 576. The molecule has 1 saturated heterocycles. The summed E-state index contributed by atoms with van der Waals surface area (Å²) < 4.78 is 7.67. The van der Waals surface area contributed by atoms with Crippen molar-refractivity contribution in [1.82, 2.24) is 14.7 Å². The number of likely N-dealkylation sites (tertiary alicyclic amines) is 1. The minimum Gasteiger partial charge on any atom is -0.444 e. The number of nitrogens with zero attached hydrogens (tertiary/aromatic N) is 3. The van der Waals surface area contributed by atoms with Gasteiger partial charge in [0.15, 0.2) is 0 Å². The number of rotatable bonds is 1. The van der Waals surface area contributed by atoms with Crippen molar-refractivity contribution in [3.63, 3.8) is 0 Å². The summed E-state index contributed by atoms with van der Waals surface area (Å²) in [6.45, 7) is 10.4. The smallest absolute Gasteiger partial charge is 0.410 e. The van der Waals surface area contributed by atoms with Crippen molar-refractivity contribution in [1.29, 1.82) is 0 Å². The van der Waals surface area contributed by atoms with Crippen LogP contribution < -0.4 is 5.32 Å². The van der Waals surface area contributed by atoms with Gasteiger partial charge in [-0.1, -0.05) is 0 Å². The topological polar surface area (TPSA) is 59.4 Å². The summed E-state index contributed by atoms with van der Waals surface area (Å²) in [6.07, 6.45) is 4.97. The van der Waals surface area contributed by atoms with E-state index in [1.165, 1.54) is 5.56 Å². The van der Waals surface area contributed by atoms with E-state index in [0.29, 0.717) is 12.0 Å². The number of anilines is 1. The van der Waals surface area contributed by atoms with Crippen LogP contribution in [0.5, 0.6) is 0 Å². The molecule has 0 aliphatic carbocycles. The van der Waals surface area contributed by atoms with Gasteiger partial charge in [0.1, 0.15) is 11.4 Å². The second-order valence-electron chi connectivity index (χ2n) is 7.73. The molecule has 2 atom stereocenters. The van der Waals surface area contributed by atoms with Crippen LogP contribution in [-0.4, -0.2) is 46.0 Å². The van der Waals surface area contributed by atoms with Gasteiger partial charge in [0, 0.05) is 25.2 Å². The predicted molar refractivity (Wildman–Crippen MR) is 89.6 cm³/mol. The van der Waals surface area contributed by atoms with Crippen LogP contribution in [0.1, 0.15) is 51.6 Å². The van der Waals surface area contributed by atoms with Crippen molar-refractivity contribution < 1.29 is 9.53 Å². The van der Waals surface area contributed by atoms with E-state index in [2.05, 4.69) is 22.0 Å². The summed E-state index contributed by atoms with van der Waals surface area (Å²) in [4.78, 5) is 14.2. The fraction of sp³-hybridized carbons (Fsp3) is 0.765. The Morgan fingerprint density at radius 2 is 2.17 bits per heavy atom. The predicted octanol–water partition coefficient (Wildman–Crippen LogP) is 3.20. The molecule has 0 aromatic carbocycles. The number of piperidine rings is 1. The molecule has 1 aromatic rings. The molecule has 2 aliphatic rings. The van der Waals surface area contributed by atoms with E-state index in [9.17, 15) is 4.79 Å². The Balaban J connectivity index is 1.71. The highest BCUT2D eigenvalue weighted by Gasteiger charge is 2.35. The lowest BCUT2D eigenvalue weighted by Gasteiger charge is -2.39. The molecule has 2 aliphatic heterocycles. The largest absolute Gasteiger partial charge is 0.444 e. The SMILES string of the molecule is Cc1cnn2c1NCCC2C1CCCN(C(=O)OC(C)(C)C)C1. The number of ether oxygens (including phenoxy) is 1. The number of aryl methyl sites for hydroxylation is 1. The average Bonchev–Trinajstić information content (AvgIpc) is 2.87. The number of hydrogen-bond acceptors (Lipinski definition) is 4. The second kappa shape index (κ2) is 6.06. The van der Waals surface area contributed by atoms with Crippen molar-refractivity contribution in [3.05, 3.63) is 11.8 Å². The van der Waals surface area contributed by atoms with Gasteiger partial charge in [-0.25, -0.2) is 9.48 Å². The van der Waals surface area contributed by atoms with Crippen LogP contribution in [0.15, 0.2) is 6.20 Å². The number of carbonyl (C=O) groups excluding carboxylic acids is 1. The van der Waals surface area contributed by atoms with Gasteiger partial charge in [-0.05, 0) is 52.9 Å². The normalized spacial score (nSPS) is 24.8. The first-order valence-corrected chi connectivity index (χ1v) is 8.61. The molecular formula is C17H28N4O2. The van der Waals surface area contributed by atoms with E-state index in [4.69, 9.17) is 4.74 Å². The zero-order valence-electron chi connectivity index (χ0n) is 14.6. The Hall–Kier alpha value is -1.72. The summed E-state index contributed by atoms with van der Waals surface area (Å²) in [6, 6.07) is 0.366. The van der Waals surface area contributed by atoms with E-state index in [-0.39, 0.29) is 6.09 Å². The first-order chi connectivity index (χ1) is 10.8. The fourth-order valence-electron chi connectivity index (χ4n) is 3.63. The van der Waals surface area contributed by atoms with Gasteiger partial charge in [-0.2, -0.15) is 5.10 Å². The summed E-state index contributed by atoms with van der Waals surface area (Å²) in [5, 5.41) is 8.00. The number of aromatic nitrogens is 2. The van der Waals surface area contributed by atoms with Gasteiger partial charge in [-0.15, -0.1) is 0 Å². The molecule has 0 saturated carbocycles. The molecule has 6 heteroatoms. The molecule has 1 amide bonds. The molecule has 128 valence electrons. The summed E-state index contributed by atoms with van der Waals surface area (Å²) >= 11 is 0. The highest BCUT2D eigenvalue weighted by molar-refractivity contribution is 5.68. The Labute approximate surface area is 138 Å². The summed E-state index contributed by atoms with van der Waals surface area (Å²) in [5.74, 6) is 1.58. The maximum atomic E-state index is 12.4. The lowest BCUT2D eigenvalue weighted by atomic mass is 9.88. The van der Waals surface area contributed by atoms with Gasteiger partial charge in [-0.3, -0.25) is 0 Å². The lowest BCUT2D eigenvalue weighted by Crippen LogP contribution is -2.45. The number of hydrogen-bond donors (Lipinski definition) is 1. The molecule has 0 radical (unpaired) electrons. The molecule has 1 aromatic heterocycles. The van der Waals surface area contributed by atoms with Crippen LogP contribution in [-0.2, 0) is 4.74 Å². The zero-order valence-corrected chi connectivity index (χ0v) is 14.6. The average molecular weight is 320 g/mol. The monoisotopic (exact) mass is 320 g/mol. The first-order valence-electron chi connectivity index (χ1n) is 8.61. The quantitative estimate of drug-likeness (QED) is 0.863. The van der Waals surface area contributed by atoms with Gasteiger partial charge in [0.05, 0.1) is 12.2 Å². The van der Waals surface area contributed by atoms with E-state index in [0.717, 1.165) is 44.7 Å². The highest BCUT2D eigenvalue weighted by Crippen LogP contribution is 2.35. The first kappa shape index (κ1) is 16.1. The third-order valence-electron chi connectivity index (χ3n) is 4.68. The molecule has 23 heavy (non-hydrogen) atoms. The van der Waals surface area contributed by atoms with E-state index in [1.807, 2.05) is 31.9 Å². The summed E-state index contributed by atoms with van der Waals surface area (Å²) in [7, 11) is 0.